The number of nitrogens with zero attached hydrogens (tertiary/aromatic N) is 3. The smallest absolute Gasteiger partial charge is 0.280 e. The van der Waals surface area contributed by atoms with Crippen LogP contribution >= 0.6 is 0 Å². The number of H-pyrrole nitrogens is 1. The lowest BCUT2D eigenvalue weighted by Gasteiger charge is -2.00. The van der Waals surface area contributed by atoms with Crippen molar-refractivity contribution in [1.82, 2.24) is 14.8 Å². The van der Waals surface area contributed by atoms with Crippen LogP contribution in [-0.2, 0) is 0 Å². The number of hydrogen-bond acceptors (Lipinski definition) is 3. The maximum absolute atomic E-state index is 12.2. The molecule has 18 heavy (non-hydrogen) atoms. The summed E-state index contributed by atoms with van der Waals surface area (Å²) >= 11 is 0. The molecule has 0 saturated heterocycles. The summed E-state index contributed by atoms with van der Waals surface area (Å²) in [4.78, 5) is 12.2. The lowest BCUT2D eigenvalue weighted by molar-refractivity contribution is 0.440. The highest BCUT2D eigenvalue weighted by molar-refractivity contribution is 5.80. The van der Waals surface area contributed by atoms with Gasteiger partial charge in [0.2, 0.25) is 0 Å². The zero-order chi connectivity index (χ0) is 13.1. The number of para-hydroxylation sites is 1. The Labute approximate surface area is 105 Å². The van der Waals surface area contributed by atoms with Gasteiger partial charge in [0.05, 0.1) is 17.5 Å². The van der Waals surface area contributed by atoms with E-state index in [9.17, 15) is 4.79 Å². The maximum atomic E-state index is 12.2. The van der Waals surface area contributed by atoms with Gasteiger partial charge in [0.25, 0.3) is 5.56 Å². The van der Waals surface area contributed by atoms with Crippen LogP contribution in [0.15, 0.2) is 40.2 Å². The van der Waals surface area contributed by atoms with Gasteiger partial charge >= 0.3 is 0 Å². The van der Waals surface area contributed by atoms with Gasteiger partial charge in [0.1, 0.15) is 0 Å². The molecular formula is C13H16N4O. The summed E-state index contributed by atoms with van der Waals surface area (Å²) in [5.41, 5.74) is 2.10. The van der Waals surface area contributed by atoms with Crippen LogP contribution in [0.3, 0.4) is 0 Å². The van der Waals surface area contributed by atoms with Crippen molar-refractivity contribution >= 4 is 6.21 Å². The zero-order valence-corrected chi connectivity index (χ0v) is 10.7. The standard InChI is InChI=1S/C13H16N4O/c1-10-12(9-14-16(2)3)13(18)17(15-10)11-7-5-4-6-8-11/h4-9,15H,1-3H3/b14-9-. The Morgan fingerprint density at radius 1 is 1.28 bits per heavy atom. The minimum atomic E-state index is -0.0932. The fourth-order valence-corrected chi connectivity index (χ4v) is 1.64. The van der Waals surface area contributed by atoms with Gasteiger partial charge in [-0.25, -0.2) is 4.68 Å². The molecule has 0 aliphatic rings. The summed E-state index contributed by atoms with van der Waals surface area (Å²) in [7, 11) is 3.63. The normalized spacial score (nSPS) is 11.1. The zero-order valence-electron chi connectivity index (χ0n) is 10.7. The third-order valence-corrected chi connectivity index (χ3v) is 2.55. The van der Waals surface area contributed by atoms with Gasteiger partial charge in [-0.1, -0.05) is 18.2 Å². The average molecular weight is 244 g/mol. The van der Waals surface area contributed by atoms with E-state index in [1.54, 1.807) is 11.2 Å². The van der Waals surface area contributed by atoms with E-state index in [4.69, 9.17) is 0 Å². The Kier molecular flexibility index (Phi) is 3.32. The van der Waals surface area contributed by atoms with Crippen LogP contribution in [0.5, 0.6) is 0 Å². The number of rotatable bonds is 3. The molecule has 0 bridgehead atoms. The molecule has 0 amide bonds. The van der Waals surface area contributed by atoms with Crippen LogP contribution in [0.4, 0.5) is 0 Å². The highest BCUT2D eigenvalue weighted by Crippen LogP contribution is 2.05. The lowest BCUT2D eigenvalue weighted by Crippen LogP contribution is -2.17. The van der Waals surface area contributed by atoms with Crippen molar-refractivity contribution in [1.29, 1.82) is 0 Å². The molecule has 5 heteroatoms. The van der Waals surface area contributed by atoms with E-state index in [0.717, 1.165) is 11.4 Å². The Morgan fingerprint density at radius 2 is 1.94 bits per heavy atom. The summed E-state index contributed by atoms with van der Waals surface area (Å²) < 4.78 is 1.52. The second-order valence-electron chi connectivity index (χ2n) is 4.22. The second-order valence-corrected chi connectivity index (χ2v) is 4.22. The highest BCUT2D eigenvalue weighted by Gasteiger charge is 2.10. The molecule has 2 aromatic rings. The van der Waals surface area contributed by atoms with Crippen LogP contribution in [0.25, 0.3) is 5.69 Å². The predicted molar refractivity (Wildman–Crippen MR) is 72.4 cm³/mol. The van der Waals surface area contributed by atoms with Crippen molar-refractivity contribution < 1.29 is 0 Å². The molecule has 1 heterocycles. The fourth-order valence-electron chi connectivity index (χ4n) is 1.64. The number of aromatic amines is 1. The van der Waals surface area contributed by atoms with Crippen LogP contribution in [-0.4, -0.2) is 35.1 Å². The third kappa shape index (κ3) is 2.34. The summed E-state index contributed by atoms with van der Waals surface area (Å²) in [6.07, 6.45) is 1.58. The summed E-state index contributed by atoms with van der Waals surface area (Å²) in [6.45, 7) is 1.86. The van der Waals surface area contributed by atoms with Crippen LogP contribution in [0.2, 0.25) is 0 Å². The lowest BCUT2D eigenvalue weighted by atomic mass is 10.3. The maximum Gasteiger partial charge on any atom is 0.280 e. The van der Waals surface area contributed by atoms with Crippen molar-refractivity contribution in [2.75, 3.05) is 14.1 Å². The average Bonchev–Trinajstić information content (AvgIpc) is 2.63. The van der Waals surface area contributed by atoms with Crippen molar-refractivity contribution in [3.05, 3.63) is 51.9 Å². The van der Waals surface area contributed by atoms with Gasteiger partial charge in [0, 0.05) is 19.8 Å². The third-order valence-electron chi connectivity index (χ3n) is 2.55. The molecule has 0 aliphatic heterocycles. The molecule has 1 aromatic carbocycles. The Hall–Kier alpha value is -2.30. The largest absolute Gasteiger partial charge is 0.303 e. The van der Waals surface area contributed by atoms with Crippen molar-refractivity contribution in [2.45, 2.75) is 6.92 Å². The number of benzene rings is 1. The number of hydrogen-bond donors (Lipinski definition) is 1. The Bertz CT molecular complexity index is 608. The van der Waals surface area contributed by atoms with E-state index < -0.39 is 0 Å². The molecule has 1 N–H and O–H groups in total. The highest BCUT2D eigenvalue weighted by atomic mass is 16.1. The molecule has 0 atom stereocenters. The minimum absolute atomic E-state index is 0.0932. The minimum Gasteiger partial charge on any atom is -0.303 e. The summed E-state index contributed by atoms with van der Waals surface area (Å²) in [5, 5.41) is 8.80. The van der Waals surface area contributed by atoms with Gasteiger partial charge in [-0.05, 0) is 19.1 Å². The van der Waals surface area contributed by atoms with Gasteiger partial charge in [-0.15, -0.1) is 0 Å². The SMILES string of the molecule is Cc1[nH]n(-c2ccccc2)c(=O)c1/C=N\N(C)C. The molecule has 0 saturated carbocycles. The number of nitrogens with one attached hydrogen (secondary N) is 1. The monoisotopic (exact) mass is 244 g/mol. The topological polar surface area (TPSA) is 53.4 Å². The first-order valence-electron chi connectivity index (χ1n) is 5.68. The van der Waals surface area contributed by atoms with Gasteiger partial charge in [0.15, 0.2) is 0 Å². The van der Waals surface area contributed by atoms with E-state index >= 15 is 0 Å². The van der Waals surface area contributed by atoms with E-state index in [1.165, 1.54) is 4.68 Å². The van der Waals surface area contributed by atoms with Gasteiger partial charge in [-0.2, -0.15) is 5.10 Å². The molecule has 5 nitrogen and oxygen atoms in total. The van der Waals surface area contributed by atoms with E-state index in [2.05, 4.69) is 10.2 Å². The number of aromatic nitrogens is 2. The van der Waals surface area contributed by atoms with Crippen molar-refractivity contribution in [3.8, 4) is 5.69 Å². The first kappa shape index (κ1) is 12.2. The second kappa shape index (κ2) is 4.91. The molecule has 2 rings (SSSR count). The molecule has 0 spiro atoms. The number of hydrazone groups is 1. The van der Waals surface area contributed by atoms with Crippen LogP contribution < -0.4 is 5.56 Å². The summed E-state index contributed by atoms with van der Waals surface area (Å²) in [6, 6.07) is 9.46. The van der Waals surface area contributed by atoms with E-state index in [-0.39, 0.29) is 5.56 Å². The predicted octanol–water partition coefficient (Wildman–Crippen LogP) is 1.37. The quantitative estimate of drug-likeness (QED) is 0.655. The van der Waals surface area contributed by atoms with Gasteiger partial charge < -0.3 is 5.01 Å². The van der Waals surface area contributed by atoms with Crippen molar-refractivity contribution in [2.24, 2.45) is 5.10 Å². The first-order valence-corrected chi connectivity index (χ1v) is 5.68. The molecule has 0 aliphatic carbocycles. The molecule has 1 aromatic heterocycles. The molecular weight excluding hydrogens is 228 g/mol. The molecule has 0 fully saturated rings. The number of aryl methyl sites for hydroxylation is 1. The summed E-state index contributed by atoms with van der Waals surface area (Å²) in [5.74, 6) is 0. The van der Waals surface area contributed by atoms with E-state index in [0.29, 0.717) is 5.56 Å². The van der Waals surface area contributed by atoms with E-state index in [1.807, 2.05) is 51.4 Å². The molecule has 94 valence electrons. The van der Waals surface area contributed by atoms with Crippen LogP contribution in [0.1, 0.15) is 11.3 Å². The van der Waals surface area contributed by atoms with Gasteiger partial charge in [-0.3, -0.25) is 9.89 Å². The fraction of sp³-hybridized carbons (Fsp3) is 0.231. The molecule has 0 radical (unpaired) electrons. The first-order chi connectivity index (χ1) is 8.59. The van der Waals surface area contributed by atoms with Crippen LogP contribution in [0, 0.1) is 6.92 Å². The Balaban J connectivity index is 2.48. The molecule has 0 unspecified atom stereocenters. The Morgan fingerprint density at radius 3 is 2.56 bits per heavy atom. The van der Waals surface area contributed by atoms with Crippen molar-refractivity contribution in [3.63, 3.8) is 0 Å².